The number of furan rings is 1. The topological polar surface area (TPSA) is 78.5 Å². The molecule has 0 saturated heterocycles. The van der Waals surface area contributed by atoms with Crippen LogP contribution in [0.2, 0.25) is 0 Å². The number of benzene rings is 1. The molecule has 0 aliphatic carbocycles. The standard InChI is InChI=1S/C20H23N3O4/c1-15-9-11-22-23(15)12-4-10-21-20(24)19-8-7-18(27-19)14-26-17-6-3-5-16(13-17)25-2/h3,5-9,11,13H,4,10,12,14H2,1-2H3,(H,21,24). The summed E-state index contributed by atoms with van der Waals surface area (Å²) in [5.41, 5.74) is 1.10. The maximum atomic E-state index is 12.2. The van der Waals surface area contributed by atoms with Crippen LogP contribution in [0.15, 0.2) is 53.1 Å². The summed E-state index contributed by atoms with van der Waals surface area (Å²) in [6, 6.07) is 12.7. The fourth-order valence-corrected chi connectivity index (χ4v) is 2.57. The van der Waals surface area contributed by atoms with E-state index in [2.05, 4.69) is 10.4 Å². The van der Waals surface area contributed by atoms with Crippen molar-refractivity contribution in [1.29, 1.82) is 0 Å². The summed E-state index contributed by atoms with van der Waals surface area (Å²) in [6.07, 6.45) is 2.56. The molecular weight excluding hydrogens is 346 g/mol. The lowest BCUT2D eigenvalue weighted by Crippen LogP contribution is -2.25. The summed E-state index contributed by atoms with van der Waals surface area (Å²) in [4.78, 5) is 12.2. The van der Waals surface area contributed by atoms with Crippen LogP contribution in [-0.2, 0) is 13.2 Å². The number of ether oxygens (including phenoxy) is 2. The molecule has 0 aliphatic rings. The third-order valence-corrected chi connectivity index (χ3v) is 4.07. The highest BCUT2D eigenvalue weighted by molar-refractivity contribution is 5.91. The normalized spacial score (nSPS) is 10.6. The second-order valence-corrected chi connectivity index (χ2v) is 6.04. The molecule has 27 heavy (non-hydrogen) atoms. The first-order chi connectivity index (χ1) is 13.2. The fourth-order valence-electron chi connectivity index (χ4n) is 2.57. The van der Waals surface area contributed by atoms with Crippen LogP contribution in [0.3, 0.4) is 0 Å². The maximum absolute atomic E-state index is 12.2. The summed E-state index contributed by atoms with van der Waals surface area (Å²) in [5.74, 6) is 2.01. The Bertz CT molecular complexity index is 885. The molecule has 1 amide bonds. The van der Waals surface area contributed by atoms with Gasteiger partial charge in [0.2, 0.25) is 0 Å². The van der Waals surface area contributed by atoms with Gasteiger partial charge in [-0.25, -0.2) is 0 Å². The lowest BCUT2D eigenvalue weighted by Gasteiger charge is -2.06. The van der Waals surface area contributed by atoms with Crippen LogP contribution < -0.4 is 14.8 Å². The molecule has 0 unspecified atom stereocenters. The van der Waals surface area contributed by atoms with Crippen LogP contribution in [0.25, 0.3) is 0 Å². The molecular formula is C20H23N3O4. The number of methoxy groups -OCH3 is 1. The monoisotopic (exact) mass is 369 g/mol. The van der Waals surface area contributed by atoms with Crippen molar-refractivity contribution in [3.63, 3.8) is 0 Å². The molecule has 1 N–H and O–H groups in total. The molecule has 7 nitrogen and oxygen atoms in total. The molecule has 2 heterocycles. The Labute approximate surface area is 157 Å². The van der Waals surface area contributed by atoms with E-state index in [1.807, 2.05) is 35.9 Å². The van der Waals surface area contributed by atoms with Gasteiger partial charge >= 0.3 is 0 Å². The van der Waals surface area contributed by atoms with Crippen molar-refractivity contribution in [2.75, 3.05) is 13.7 Å². The van der Waals surface area contributed by atoms with E-state index in [4.69, 9.17) is 13.9 Å². The van der Waals surface area contributed by atoms with Crippen molar-refractivity contribution in [3.8, 4) is 11.5 Å². The molecule has 142 valence electrons. The predicted molar refractivity (Wildman–Crippen MR) is 99.9 cm³/mol. The zero-order chi connectivity index (χ0) is 19.1. The minimum atomic E-state index is -0.236. The predicted octanol–water partition coefficient (Wildman–Crippen LogP) is 3.19. The lowest BCUT2D eigenvalue weighted by atomic mass is 10.3. The molecule has 3 rings (SSSR count). The highest BCUT2D eigenvalue weighted by Crippen LogP contribution is 2.20. The van der Waals surface area contributed by atoms with Gasteiger partial charge in [-0.05, 0) is 43.7 Å². The van der Waals surface area contributed by atoms with Gasteiger partial charge in [0.15, 0.2) is 5.76 Å². The minimum absolute atomic E-state index is 0.235. The summed E-state index contributed by atoms with van der Waals surface area (Å²) in [7, 11) is 1.60. The Kier molecular flexibility index (Phi) is 6.14. The van der Waals surface area contributed by atoms with Crippen molar-refractivity contribution in [2.24, 2.45) is 0 Å². The van der Waals surface area contributed by atoms with Crippen LogP contribution in [0, 0.1) is 6.92 Å². The van der Waals surface area contributed by atoms with Gasteiger partial charge in [-0.1, -0.05) is 6.07 Å². The first kappa shape index (κ1) is 18.6. The number of rotatable bonds is 9. The second kappa shape index (κ2) is 8.93. The minimum Gasteiger partial charge on any atom is -0.497 e. The molecule has 0 atom stereocenters. The van der Waals surface area contributed by atoms with Gasteiger partial charge in [-0.15, -0.1) is 0 Å². The average Bonchev–Trinajstić information content (AvgIpc) is 3.33. The first-order valence-corrected chi connectivity index (χ1v) is 8.78. The summed E-state index contributed by atoms with van der Waals surface area (Å²) in [5, 5.41) is 7.07. The average molecular weight is 369 g/mol. The van der Waals surface area contributed by atoms with E-state index in [9.17, 15) is 4.79 Å². The number of hydrogen-bond acceptors (Lipinski definition) is 5. The van der Waals surface area contributed by atoms with Crippen LogP contribution in [0.4, 0.5) is 0 Å². The summed E-state index contributed by atoms with van der Waals surface area (Å²) < 4.78 is 18.3. The van der Waals surface area contributed by atoms with E-state index in [1.165, 1.54) is 0 Å². The molecule has 0 bridgehead atoms. The summed E-state index contributed by atoms with van der Waals surface area (Å²) in [6.45, 7) is 3.55. The quantitative estimate of drug-likeness (QED) is 0.586. The van der Waals surface area contributed by atoms with Crippen LogP contribution >= 0.6 is 0 Å². The van der Waals surface area contributed by atoms with Crippen LogP contribution in [-0.4, -0.2) is 29.3 Å². The highest BCUT2D eigenvalue weighted by atomic mass is 16.5. The Morgan fingerprint density at radius 2 is 2.07 bits per heavy atom. The van der Waals surface area contributed by atoms with Crippen molar-refractivity contribution in [3.05, 3.63) is 65.9 Å². The molecule has 0 fully saturated rings. The van der Waals surface area contributed by atoms with E-state index < -0.39 is 0 Å². The van der Waals surface area contributed by atoms with Crippen LogP contribution in [0.1, 0.15) is 28.4 Å². The third kappa shape index (κ3) is 5.13. The van der Waals surface area contributed by atoms with Crippen molar-refractivity contribution >= 4 is 5.91 Å². The van der Waals surface area contributed by atoms with Gasteiger partial charge in [-0.2, -0.15) is 5.10 Å². The smallest absolute Gasteiger partial charge is 0.286 e. The zero-order valence-corrected chi connectivity index (χ0v) is 15.5. The summed E-state index contributed by atoms with van der Waals surface area (Å²) >= 11 is 0. The molecule has 0 radical (unpaired) electrons. The SMILES string of the molecule is COc1cccc(OCc2ccc(C(=O)NCCCn3nccc3C)o2)c1. The van der Waals surface area contributed by atoms with E-state index in [0.29, 0.717) is 18.1 Å². The Morgan fingerprint density at radius 3 is 2.85 bits per heavy atom. The molecule has 1 aromatic carbocycles. The zero-order valence-electron chi connectivity index (χ0n) is 15.5. The van der Waals surface area contributed by atoms with Crippen molar-refractivity contribution < 1.29 is 18.7 Å². The van der Waals surface area contributed by atoms with E-state index >= 15 is 0 Å². The fraction of sp³-hybridized carbons (Fsp3) is 0.300. The van der Waals surface area contributed by atoms with Gasteiger partial charge in [0.25, 0.3) is 5.91 Å². The highest BCUT2D eigenvalue weighted by Gasteiger charge is 2.11. The van der Waals surface area contributed by atoms with E-state index in [1.54, 1.807) is 31.5 Å². The van der Waals surface area contributed by atoms with Gasteiger partial charge < -0.3 is 19.2 Å². The molecule has 0 aliphatic heterocycles. The van der Waals surface area contributed by atoms with E-state index in [-0.39, 0.29) is 18.3 Å². The Balaban J connectivity index is 1.43. The largest absolute Gasteiger partial charge is 0.497 e. The lowest BCUT2D eigenvalue weighted by molar-refractivity contribution is 0.0921. The molecule has 0 saturated carbocycles. The van der Waals surface area contributed by atoms with E-state index in [0.717, 1.165) is 24.4 Å². The number of carbonyl (C=O) groups is 1. The Hall–Kier alpha value is -3.22. The van der Waals surface area contributed by atoms with Gasteiger partial charge in [-0.3, -0.25) is 9.48 Å². The second-order valence-electron chi connectivity index (χ2n) is 6.04. The number of nitrogens with zero attached hydrogens (tertiary/aromatic N) is 2. The van der Waals surface area contributed by atoms with Gasteiger partial charge in [0, 0.05) is 31.0 Å². The molecule has 7 heteroatoms. The van der Waals surface area contributed by atoms with Gasteiger partial charge in [0.05, 0.1) is 7.11 Å². The van der Waals surface area contributed by atoms with Crippen LogP contribution in [0.5, 0.6) is 11.5 Å². The molecule has 0 spiro atoms. The number of aryl methyl sites for hydroxylation is 2. The number of aromatic nitrogens is 2. The van der Waals surface area contributed by atoms with Crippen molar-refractivity contribution in [2.45, 2.75) is 26.5 Å². The molecule has 3 aromatic rings. The molecule has 2 aromatic heterocycles. The third-order valence-electron chi connectivity index (χ3n) is 4.07. The Morgan fingerprint density at radius 1 is 1.22 bits per heavy atom. The van der Waals surface area contributed by atoms with Crippen molar-refractivity contribution in [1.82, 2.24) is 15.1 Å². The number of carbonyl (C=O) groups excluding carboxylic acids is 1. The van der Waals surface area contributed by atoms with Gasteiger partial charge in [0.1, 0.15) is 23.9 Å². The number of amides is 1. The first-order valence-electron chi connectivity index (χ1n) is 8.78. The maximum Gasteiger partial charge on any atom is 0.286 e. The number of nitrogens with one attached hydrogen (secondary N) is 1. The number of hydrogen-bond donors (Lipinski definition) is 1.